The molecule has 0 saturated carbocycles. The zero-order valence-electron chi connectivity index (χ0n) is 14.4. The van der Waals surface area contributed by atoms with Crippen molar-refractivity contribution < 1.29 is 23.8 Å². The lowest BCUT2D eigenvalue weighted by Crippen LogP contribution is -1.98. The van der Waals surface area contributed by atoms with Gasteiger partial charge in [-0.05, 0) is 54.6 Å². The molecule has 0 unspecified atom stereocenters. The molecule has 138 valence electrons. The number of cyclic esters (lactones) is 1. The number of aromatic carboxylic acids is 1. The number of carboxylic acid groups (broad SMARTS) is 1. The van der Waals surface area contributed by atoms with E-state index in [9.17, 15) is 14.7 Å². The first kappa shape index (κ1) is 17.8. The summed E-state index contributed by atoms with van der Waals surface area (Å²) in [7, 11) is 0. The van der Waals surface area contributed by atoms with Crippen LogP contribution in [0, 0.1) is 0 Å². The highest BCUT2D eigenvalue weighted by atomic mass is 35.5. The first-order chi connectivity index (χ1) is 13.5. The Morgan fingerprint density at radius 2 is 1.75 bits per heavy atom. The number of furan rings is 1. The van der Waals surface area contributed by atoms with Crippen LogP contribution in [0.3, 0.4) is 0 Å². The van der Waals surface area contributed by atoms with Gasteiger partial charge in [-0.25, -0.2) is 9.59 Å². The van der Waals surface area contributed by atoms with Crippen LogP contribution in [0.2, 0.25) is 5.02 Å². The van der Waals surface area contributed by atoms with Gasteiger partial charge in [0.2, 0.25) is 0 Å². The number of carbonyl (C=O) groups excluding carboxylic acids is 1. The van der Waals surface area contributed by atoms with Crippen LogP contribution >= 0.6 is 11.6 Å². The maximum atomic E-state index is 12.2. The third-order valence-corrected chi connectivity index (χ3v) is 4.45. The van der Waals surface area contributed by atoms with Gasteiger partial charge in [0.1, 0.15) is 17.3 Å². The molecule has 4 rings (SSSR count). The molecule has 0 amide bonds. The summed E-state index contributed by atoms with van der Waals surface area (Å²) in [5.41, 5.74) is 1.67. The molecule has 1 aliphatic rings. The van der Waals surface area contributed by atoms with Crippen LogP contribution in [-0.4, -0.2) is 17.0 Å². The van der Waals surface area contributed by atoms with Crippen LogP contribution in [0.1, 0.15) is 21.7 Å². The van der Waals surface area contributed by atoms with Crippen LogP contribution in [0.5, 0.6) is 0 Å². The predicted molar refractivity (Wildman–Crippen MR) is 105 cm³/mol. The zero-order chi connectivity index (χ0) is 19.7. The maximum Gasteiger partial charge on any atom is 0.343 e. The number of hydrogen-bond donors (Lipinski definition) is 1. The van der Waals surface area contributed by atoms with Gasteiger partial charge in [-0.2, -0.15) is 0 Å². The lowest BCUT2D eigenvalue weighted by Gasteiger charge is -2.02. The smallest absolute Gasteiger partial charge is 0.343 e. The van der Waals surface area contributed by atoms with Crippen LogP contribution in [-0.2, 0) is 9.53 Å². The maximum absolute atomic E-state index is 12.2. The second-order valence-corrected chi connectivity index (χ2v) is 6.49. The lowest BCUT2D eigenvalue weighted by molar-refractivity contribution is -0.130. The van der Waals surface area contributed by atoms with E-state index in [1.165, 1.54) is 6.07 Å². The van der Waals surface area contributed by atoms with Gasteiger partial charge in [0, 0.05) is 16.1 Å². The Morgan fingerprint density at radius 3 is 2.50 bits per heavy atom. The van der Waals surface area contributed by atoms with Gasteiger partial charge in [0.25, 0.3) is 0 Å². The fourth-order valence-corrected chi connectivity index (χ4v) is 2.98. The molecule has 1 aliphatic heterocycles. The number of esters is 1. The Bertz CT molecular complexity index is 1140. The van der Waals surface area contributed by atoms with Crippen molar-refractivity contribution in [1.82, 2.24) is 0 Å². The third-order valence-electron chi connectivity index (χ3n) is 4.20. The van der Waals surface area contributed by atoms with Gasteiger partial charge in [0.15, 0.2) is 0 Å². The molecule has 0 spiro atoms. The van der Waals surface area contributed by atoms with E-state index in [2.05, 4.69) is 0 Å². The first-order valence-corrected chi connectivity index (χ1v) is 8.73. The number of benzene rings is 2. The molecule has 0 fully saturated rings. The van der Waals surface area contributed by atoms with Gasteiger partial charge in [-0.15, -0.1) is 0 Å². The van der Waals surface area contributed by atoms with E-state index in [1.807, 2.05) is 0 Å². The van der Waals surface area contributed by atoms with Crippen molar-refractivity contribution in [3.05, 3.63) is 94.2 Å². The molecule has 1 N–H and O–H groups in total. The molecule has 2 aromatic carbocycles. The van der Waals surface area contributed by atoms with E-state index in [0.717, 1.165) is 5.56 Å². The summed E-state index contributed by atoms with van der Waals surface area (Å²) < 4.78 is 11.0. The molecule has 0 radical (unpaired) electrons. The van der Waals surface area contributed by atoms with E-state index in [1.54, 1.807) is 66.7 Å². The zero-order valence-corrected chi connectivity index (χ0v) is 15.1. The van der Waals surface area contributed by atoms with Crippen molar-refractivity contribution in [2.75, 3.05) is 0 Å². The molecule has 3 aromatic rings. The second kappa shape index (κ2) is 7.21. The largest absolute Gasteiger partial charge is 0.478 e. The number of carboxylic acids is 1. The molecule has 5 nitrogen and oxygen atoms in total. The highest BCUT2D eigenvalue weighted by molar-refractivity contribution is 6.30. The Labute approximate surface area is 165 Å². The lowest BCUT2D eigenvalue weighted by atomic mass is 10.1. The standard InChI is InChI=1S/C22H13ClO5/c23-15-7-5-13(6-8-15)20-12-14(22(26)28-20)11-16-9-10-19(27-16)17-3-1-2-4-18(17)21(24)25/h1-12H,(H,24,25)/b14-11+. The van der Waals surface area contributed by atoms with Crippen molar-refractivity contribution in [1.29, 1.82) is 0 Å². The van der Waals surface area contributed by atoms with Crippen molar-refractivity contribution in [2.24, 2.45) is 0 Å². The van der Waals surface area contributed by atoms with E-state index in [-0.39, 0.29) is 5.56 Å². The Balaban J connectivity index is 1.65. The molecule has 1 aromatic heterocycles. The average Bonchev–Trinajstić information content (AvgIpc) is 3.30. The van der Waals surface area contributed by atoms with Gasteiger partial charge < -0.3 is 14.3 Å². The molecule has 2 heterocycles. The Kier molecular flexibility index (Phi) is 4.59. The fourth-order valence-electron chi connectivity index (χ4n) is 2.86. The monoisotopic (exact) mass is 392 g/mol. The Hall–Kier alpha value is -3.57. The molecular weight excluding hydrogens is 380 g/mol. The molecule has 6 heteroatoms. The number of rotatable bonds is 4. The third kappa shape index (κ3) is 3.48. The molecule has 0 aliphatic carbocycles. The normalized spacial score (nSPS) is 14.8. The first-order valence-electron chi connectivity index (χ1n) is 8.35. The molecular formula is C22H13ClO5. The number of carbonyl (C=O) groups is 2. The SMILES string of the molecule is O=C1OC(c2ccc(Cl)cc2)=C/C1=C\c1ccc(-c2ccccc2C(=O)O)o1. The van der Waals surface area contributed by atoms with Gasteiger partial charge in [0.05, 0.1) is 11.1 Å². The van der Waals surface area contributed by atoms with Crippen LogP contribution < -0.4 is 0 Å². The highest BCUT2D eigenvalue weighted by Gasteiger charge is 2.22. The second-order valence-electron chi connectivity index (χ2n) is 6.06. The minimum Gasteiger partial charge on any atom is -0.478 e. The van der Waals surface area contributed by atoms with Gasteiger partial charge in [-0.3, -0.25) is 0 Å². The number of ether oxygens (including phenoxy) is 1. The topological polar surface area (TPSA) is 76.7 Å². The summed E-state index contributed by atoms with van der Waals surface area (Å²) in [5, 5.41) is 9.91. The minimum absolute atomic E-state index is 0.140. The van der Waals surface area contributed by atoms with Crippen molar-refractivity contribution in [3.8, 4) is 11.3 Å². The van der Waals surface area contributed by atoms with Crippen molar-refractivity contribution in [2.45, 2.75) is 0 Å². The predicted octanol–water partition coefficient (Wildman–Crippen LogP) is 5.28. The molecule has 0 atom stereocenters. The number of hydrogen-bond acceptors (Lipinski definition) is 4. The van der Waals surface area contributed by atoms with Crippen LogP contribution in [0.15, 0.2) is 76.7 Å². The van der Waals surface area contributed by atoms with Gasteiger partial charge >= 0.3 is 11.9 Å². The van der Waals surface area contributed by atoms with E-state index in [0.29, 0.717) is 33.4 Å². The van der Waals surface area contributed by atoms with Crippen molar-refractivity contribution in [3.63, 3.8) is 0 Å². The quantitative estimate of drug-likeness (QED) is 0.483. The highest BCUT2D eigenvalue weighted by Crippen LogP contribution is 2.30. The summed E-state index contributed by atoms with van der Waals surface area (Å²) in [6.07, 6.45) is 3.18. The Morgan fingerprint density at radius 1 is 1.00 bits per heavy atom. The van der Waals surface area contributed by atoms with E-state index < -0.39 is 11.9 Å². The van der Waals surface area contributed by atoms with E-state index >= 15 is 0 Å². The average molecular weight is 393 g/mol. The van der Waals surface area contributed by atoms with Crippen LogP contribution in [0.4, 0.5) is 0 Å². The summed E-state index contributed by atoms with van der Waals surface area (Å²) in [5.74, 6) is -0.291. The van der Waals surface area contributed by atoms with E-state index in [4.69, 9.17) is 20.8 Å². The minimum atomic E-state index is -1.04. The molecule has 0 bridgehead atoms. The number of halogens is 1. The fraction of sp³-hybridized carbons (Fsp3) is 0. The molecule has 28 heavy (non-hydrogen) atoms. The summed E-state index contributed by atoms with van der Waals surface area (Å²) in [6.45, 7) is 0. The van der Waals surface area contributed by atoms with Crippen LogP contribution in [0.25, 0.3) is 23.2 Å². The molecule has 0 saturated heterocycles. The summed E-state index contributed by atoms with van der Waals surface area (Å²) in [6, 6.07) is 16.8. The van der Waals surface area contributed by atoms with Gasteiger partial charge in [-0.1, -0.05) is 29.8 Å². The van der Waals surface area contributed by atoms with Crippen molar-refractivity contribution >= 4 is 35.4 Å². The summed E-state index contributed by atoms with van der Waals surface area (Å²) >= 11 is 5.88. The summed E-state index contributed by atoms with van der Waals surface area (Å²) in [4.78, 5) is 23.5.